The maximum atomic E-state index is 12.8. The predicted molar refractivity (Wildman–Crippen MR) is 149 cm³/mol. The molecule has 0 aliphatic heterocycles. The van der Waals surface area contributed by atoms with E-state index in [9.17, 15) is 9.59 Å². The minimum atomic E-state index is -0.289. The summed E-state index contributed by atoms with van der Waals surface area (Å²) in [6, 6.07) is 15.2. The lowest BCUT2D eigenvalue weighted by molar-refractivity contribution is 0.0490. The van der Waals surface area contributed by atoms with E-state index in [2.05, 4.69) is 13.8 Å². The van der Waals surface area contributed by atoms with Gasteiger partial charge in [-0.1, -0.05) is 114 Å². The number of rotatable bonds is 16. The predicted octanol–water partition coefficient (Wildman–Crippen LogP) is 9.03. The fourth-order valence-corrected chi connectivity index (χ4v) is 4.73. The van der Waals surface area contributed by atoms with Crippen LogP contribution in [0.25, 0.3) is 21.5 Å². The van der Waals surface area contributed by atoms with Gasteiger partial charge in [0, 0.05) is 0 Å². The molecule has 3 rings (SSSR count). The van der Waals surface area contributed by atoms with Gasteiger partial charge in [-0.2, -0.15) is 0 Å². The zero-order valence-corrected chi connectivity index (χ0v) is 22.2. The summed E-state index contributed by atoms with van der Waals surface area (Å²) < 4.78 is 11.2. The highest BCUT2D eigenvalue weighted by molar-refractivity contribution is 6.17. The topological polar surface area (TPSA) is 52.6 Å². The van der Waals surface area contributed by atoms with Gasteiger partial charge in [0.1, 0.15) is 0 Å². The normalized spacial score (nSPS) is 11.2. The molecule has 0 bridgehead atoms. The van der Waals surface area contributed by atoms with E-state index in [-0.39, 0.29) is 11.9 Å². The first-order valence-electron chi connectivity index (χ1n) is 14.0. The molecular weight excluding hydrogens is 448 g/mol. The highest BCUT2D eigenvalue weighted by Gasteiger charge is 2.16. The average Bonchev–Trinajstić information content (AvgIpc) is 2.91. The van der Waals surface area contributed by atoms with Crippen LogP contribution in [0.15, 0.2) is 48.5 Å². The Morgan fingerprint density at radius 1 is 0.500 bits per heavy atom. The number of unbranched alkanes of at least 4 members (excludes halogenated alkanes) is 10. The summed E-state index contributed by atoms with van der Waals surface area (Å²) in [7, 11) is 0. The third kappa shape index (κ3) is 7.81. The molecule has 0 N–H and O–H groups in total. The molecule has 0 heterocycles. The monoisotopic (exact) mass is 490 g/mol. The Morgan fingerprint density at radius 2 is 0.889 bits per heavy atom. The first kappa shape index (κ1) is 27.7. The van der Waals surface area contributed by atoms with Gasteiger partial charge in [0.05, 0.1) is 24.3 Å². The maximum absolute atomic E-state index is 12.8. The molecule has 4 heteroatoms. The third-order valence-corrected chi connectivity index (χ3v) is 6.82. The molecule has 0 radical (unpaired) electrons. The van der Waals surface area contributed by atoms with Gasteiger partial charge in [-0.15, -0.1) is 0 Å². The molecule has 0 aromatic heterocycles. The number of esters is 2. The second-order valence-corrected chi connectivity index (χ2v) is 9.67. The Morgan fingerprint density at radius 3 is 1.31 bits per heavy atom. The van der Waals surface area contributed by atoms with Crippen molar-refractivity contribution in [3.8, 4) is 0 Å². The molecule has 0 amide bonds. The van der Waals surface area contributed by atoms with Crippen molar-refractivity contribution < 1.29 is 19.1 Å². The Kier molecular flexibility index (Phi) is 11.8. The molecule has 0 spiro atoms. The highest BCUT2D eigenvalue weighted by atomic mass is 16.5. The van der Waals surface area contributed by atoms with E-state index < -0.39 is 0 Å². The fourth-order valence-electron chi connectivity index (χ4n) is 4.73. The maximum Gasteiger partial charge on any atom is 0.338 e. The molecule has 0 unspecified atom stereocenters. The number of benzene rings is 3. The molecular formula is C32H42O4. The van der Waals surface area contributed by atoms with Gasteiger partial charge in [0.25, 0.3) is 0 Å². The van der Waals surface area contributed by atoms with Crippen LogP contribution in [0.1, 0.15) is 112 Å². The van der Waals surface area contributed by atoms with Gasteiger partial charge in [0.15, 0.2) is 0 Å². The quantitative estimate of drug-likeness (QED) is 0.114. The Hall–Kier alpha value is -2.88. The Balaban J connectivity index is 1.66. The van der Waals surface area contributed by atoms with E-state index in [1.165, 1.54) is 51.4 Å². The number of hydrogen-bond acceptors (Lipinski definition) is 4. The highest BCUT2D eigenvalue weighted by Crippen LogP contribution is 2.30. The second kappa shape index (κ2) is 15.3. The summed E-state index contributed by atoms with van der Waals surface area (Å²) in [5, 5.41) is 3.56. The van der Waals surface area contributed by atoms with Crippen LogP contribution in [-0.4, -0.2) is 25.2 Å². The summed E-state index contributed by atoms with van der Waals surface area (Å²) in [5.41, 5.74) is 1.13. The number of hydrogen-bond donors (Lipinski definition) is 0. The lowest BCUT2D eigenvalue weighted by Crippen LogP contribution is -2.08. The molecule has 0 fully saturated rings. The van der Waals surface area contributed by atoms with Crippen molar-refractivity contribution in [3.63, 3.8) is 0 Å². The van der Waals surface area contributed by atoms with Gasteiger partial charge in [-0.05, 0) is 46.5 Å². The molecule has 3 aromatic carbocycles. The van der Waals surface area contributed by atoms with E-state index in [0.717, 1.165) is 47.2 Å². The molecule has 0 aliphatic rings. The van der Waals surface area contributed by atoms with E-state index in [4.69, 9.17) is 9.47 Å². The van der Waals surface area contributed by atoms with Crippen molar-refractivity contribution in [2.75, 3.05) is 13.2 Å². The molecule has 4 nitrogen and oxygen atoms in total. The van der Waals surface area contributed by atoms with Gasteiger partial charge >= 0.3 is 11.9 Å². The van der Waals surface area contributed by atoms with Crippen LogP contribution in [0.3, 0.4) is 0 Å². The van der Waals surface area contributed by atoms with Crippen molar-refractivity contribution in [2.24, 2.45) is 0 Å². The van der Waals surface area contributed by atoms with Gasteiger partial charge < -0.3 is 9.47 Å². The van der Waals surface area contributed by atoms with Crippen molar-refractivity contribution in [3.05, 3.63) is 59.7 Å². The first-order valence-corrected chi connectivity index (χ1v) is 14.0. The fraction of sp³-hybridized carbons (Fsp3) is 0.500. The molecule has 3 aromatic rings. The summed E-state index contributed by atoms with van der Waals surface area (Å²) in [5.74, 6) is -0.578. The summed E-state index contributed by atoms with van der Waals surface area (Å²) in [6.45, 7) is 5.31. The van der Waals surface area contributed by atoms with Gasteiger partial charge in [-0.25, -0.2) is 9.59 Å². The molecule has 0 saturated carbocycles. The van der Waals surface area contributed by atoms with Crippen LogP contribution in [0.4, 0.5) is 0 Å². The van der Waals surface area contributed by atoms with Crippen LogP contribution in [0.2, 0.25) is 0 Å². The smallest absolute Gasteiger partial charge is 0.338 e. The number of carbonyl (C=O) groups is 2. The number of fused-ring (bicyclic) bond motifs is 3. The Labute approximate surface area is 216 Å². The van der Waals surface area contributed by atoms with Crippen molar-refractivity contribution in [2.45, 2.75) is 90.9 Å². The van der Waals surface area contributed by atoms with Crippen molar-refractivity contribution >= 4 is 33.5 Å². The largest absolute Gasteiger partial charge is 0.462 e. The van der Waals surface area contributed by atoms with E-state index in [1.807, 2.05) is 48.5 Å². The molecule has 0 aliphatic carbocycles. The van der Waals surface area contributed by atoms with Crippen molar-refractivity contribution in [1.29, 1.82) is 0 Å². The van der Waals surface area contributed by atoms with Crippen molar-refractivity contribution in [1.82, 2.24) is 0 Å². The second-order valence-electron chi connectivity index (χ2n) is 9.67. The summed E-state index contributed by atoms with van der Waals surface area (Å²) in [4.78, 5) is 25.7. The van der Waals surface area contributed by atoms with Crippen LogP contribution in [0, 0.1) is 0 Å². The number of carbonyl (C=O) groups excluding carboxylic acids is 2. The molecule has 36 heavy (non-hydrogen) atoms. The van der Waals surface area contributed by atoms with E-state index >= 15 is 0 Å². The first-order chi connectivity index (χ1) is 17.7. The standard InChI is InChI=1S/C32H42O4/c1-3-5-7-9-11-13-23-35-31(33)29-19-15-17-25-26-18-16-20-30(28(26)22-21-27(25)29)32(34)36-24-14-12-10-8-6-4-2/h15-22H,3-14,23-24H2,1-2H3. The zero-order valence-electron chi connectivity index (χ0n) is 22.2. The SMILES string of the molecule is CCCCCCCCOC(=O)c1cccc2c1ccc1c(C(=O)OCCCCCCCC)cccc12. The van der Waals surface area contributed by atoms with Crippen LogP contribution in [-0.2, 0) is 9.47 Å². The molecule has 0 saturated heterocycles. The van der Waals surface area contributed by atoms with Gasteiger partial charge in [0.2, 0.25) is 0 Å². The van der Waals surface area contributed by atoms with E-state index in [1.54, 1.807) is 0 Å². The Bertz CT molecular complexity index is 1030. The minimum Gasteiger partial charge on any atom is -0.462 e. The van der Waals surface area contributed by atoms with E-state index in [0.29, 0.717) is 24.3 Å². The zero-order chi connectivity index (χ0) is 25.6. The number of ether oxygens (including phenoxy) is 2. The van der Waals surface area contributed by atoms with Crippen LogP contribution < -0.4 is 0 Å². The molecule has 194 valence electrons. The van der Waals surface area contributed by atoms with Crippen LogP contribution >= 0.6 is 0 Å². The van der Waals surface area contributed by atoms with Gasteiger partial charge in [-0.3, -0.25) is 0 Å². The summed E-state index contributed by atoms with van der Waals surface area (Å²) >= 11 is 0. The summed E-state index contributed by atoms with van der Waals surface area (Å²) in [6.07, 6.45) is 13.8. The lowest BCUT2D eigenvalue weighted by atomic mass is 9.96. The minimum absolute atomic E-state index is 0.289. The molecule has 0 atom stereocenters. The van der Waals surface area contributed by atoms with Crippen LogP contribution in [0.5, 0.6) is 0 Å². The average molecular weight is 491 g/mol. The third-order valence-electron chi connectivity index (χ3n) is 6.82. The lowest BCUT2D eigenvalue weighted by Gasteiger charge is -2.12.